The molecule has 0 spiro atoms. The van der Waals surface area contributed by atoms with Gasteiger partial charge in [0.2, 0.25) is 0 Å². The van der Waals surface area contributed by atoms with Gasteiger partial charge in [-0.15, -0.1) is 0 Å². The standard InChI is InChI=1S/C16H15Cl2N/c1-2-3-8-19-15-9-11(17)4-6-13(15)14-7-5-12(18)10-16(14)19/h4-7,9-10H,2-3,8H2,1H3. The first-order chi connectivity index (χ1) is 9.20. The number of hydrogen-bond donors (Lipinski definition) is 0. The van der Waals surface area contributed by atoms with Crippen molar-refractivity contribution >= 4 is 45.0 Å². The van der Waals surface area contributed by atoms with Crippen LogP contribution in [0.15, 0.2) is 36.4 Å². The maximum Gasteiger partial charge on any atom is 0.0506 e. The summed E-state index contributed by atoms with van der Waals surface area (Å²) < 4.78 is 2.33. The Labute approximate surface area is 122 Å². The third-order valence-corrected chi connectivity index (χ3v) is 4.00. The third-order valence-electron chi connectivity index (χ3n) is 3.53. The number of hydrogen-bond acceptors (Lipinski definition) is 0. The van der Waals surface area contributed by atoms with Crippen LogP contribution in [0.5, 0.6) is 0 Å². The van der Waals surface area contributed by atoms with Crippen LogP contribution in [0.3, 0.4) is 0 Å². The molecule has 3 heteroatoms. The minimum absolute atomic E-state index is 0.777. The van der Waals surface area contributed by atoms with E-state index in [1.54, 1.807) is 0 Å². The molecule has 2 aromatic carbocycles. The summed E-state index contributed by atoms with van der Waals surface area (Å²) in [5.41, 5.74) is 2.39. The van der Waals surface area contributed by atoms with E-state index in [4.69, 9.17) is 23.2 Å². The SMILES string of the molecule is CCCCn1c2cc(Cl)ccc2c2ccc(Cl)cc21. The molecule has 1 nitrogen and oxygen atoms in total. The number of nitrogens with zero attached hydrogens (tertiary/aromatic N) is 1. The van der Waals surface area contributed by atoms with E-state index in [1.807, 2.05) is 24.3 Å². The predicted molar refractivity (Wildman–Crippen MR) is 84.4 cm³/mol. The Bertz CT molecular complexity index is 684. The van der Waals surface area contributed by atoms with Gasteiger partial charge in [0.05, 0.1) is 11.0 Å². The van der Waals surface area contributed by atoms with E-state index in [2.05, 4.69) is 23.6 Å². The molecule has 0 saturated heterocycles. The lowest BCUT2D eigenvalue weighted by Crippen LogP contribution is -1.96. The molecule has 0 aliphatic heterocycles. The summed E-state index contributed by atoms with van der Waals surface area (Å²) in [5, 5.41) is 4.04. The largest absolute Gasteiger partial charge is 0.340 e. The molecular weight excluding hydrogens is 277 g/mol. The average molecular weight is 292 g/mol. The monoisotopic (exact) mass is 291 g/mol. The van der Waals surface area contributed by atoms with Crippen LogP contribution in [0.25, 0.3) is 21.8 Å². The van der Waals surface area contributed by atoms with Crippen molar-refractivity contribution < 1.29 is 0 Å². The topological polar surface area (TPSA) is 4.93 Å². The van der Waals surface area contributed by atoms with Gasteiger partial charge < -0.3 is 4.57 Å². The number of unbranched alkanes of at least 4 members (excludes halogenated alkanes) is 1. The van der Waals surface area contributed by atoms with Gasteiger partial charge in [-0.1, -0.05) is 48.7 Å². The number of aryl methyl sites for hydroxylation is 1. The van der Waals surface area contributed by atoms with E-state index in [9.17, 15) is 0 Å². The summed E-state index contributed by atoms with van der Waals surface area (Å²) in [6, 6.07) is 12.2. The average Bonchev–Trinajstić information content (AvgIpc) is 2.68. The maximum atomic E-state index is 6.14. The molecule has 0 N–H and O–H groups in total. The fourth-order valence-electron chi connectivity index (χ4n) is 2.60. The molecule has 0 atom stereocenters. The molecule has 0 saturated carbocycles. The zero-order valence-corrected chi connectivity index (χ0v) is 12.3. The van der Waals surface area contributed by atoms with Crippen molar-refractivity contribution in [1.82, 2.24) is 4.57 Å². The first-order valence-corrected chi connectivity index (χ1v) is 7.33. The normalized spacial score (nSPS) is 11.5. The lowest BCUT2D eigenvalue weighted by atomic mass is 10.1. The van der Waals surface area contributed by atoms with E-state index >= 15 is 0 Å². The van der Waals surface area contributed by atoms with E-state index in [0.717, 1.165) is 23.0 Å². The van der Waals surface area contributed by atoms with Gasteiger partial charge in [-0.3, -0.25) is 0 Å². The van der Waals surface area contributed by atoms with Crippen LogP contribution in [-0.2, 0) is 6.54 Å². The summed E-state index contributed by atoms with van der Waals surface area (Å²) in [7, 11) is 0. The second kappa shape index (κ2) is 5.07. The third kappa shape index (κ3) is 2.22. The van der Waals surface area contributed by atoms with Crippen molar-refractivity contribution in [2.45, 2.75) is 26.3 Å². The highest BCUT2D eigenvalue weighted by Crippen LogP contribution is 2.32. The van der Waals surface area contributed by atoms with Crippen molar-refractivity contribution in [3.05, 3.63) is 46.4 Å². The van der Waals surface area contributed by atoms with Gasteiger partial charge in [-0.05, 0) is 30.7 Å². The van der Waals surface area contributed by atoms with Crippen LogP contribution in [0.4, 0.5) is 0 Å². The number of rotatable bonds is 3. The number of fused-ring (bicyclic) bond motifs is 3. The van der Waals surface area contributed by atoms with E-state index in [1.165, 1.54) is 28.2 Å². The Hall–Kier alpha value is -1.18. The van der Waals surface area contributed by atoms with E-state index in [0.29, 0.717) is 0 Å². The molecule has 1 aromatic heterocycles. The molecule has 3 aromatic rings. The van der Waals surface area contributed by atoms with Crippen LogP contribution in [0, 0.1) is 0 Å². The van der Waals surface area contributed by atoms with E-state index < -0.39 is 0 Å². The number of halogens is 2. The Morgan fingerprint density at radius 1 is 0.895 bits per heavy atom. The maximum absolute atomic E-state index is 6.14. The summed E-state index contributed by atoms with van der Waals surface area (Å²) in [5.74, 6) is 0. The second-order valence-electron chi connectivity index (χ2n) is 4.83. The fourth-order valence-corrected chi connectivity index (χ4v) is 2.93. The first-order valence-electron chi connectivity index (χ1n) is 6.57. The van der Waals surface area contributed by atoms with Crippen LogP contribution in [-0.4, -0.2) is 4.57 Å². The highest BCUT2D eigenvalue weighted by atomic mass is 35.5. The highest BCUT2D eigenvalue weighted by molar-refractivity contribution is 6.32. The predicted octanol–water partition coefficient (Wildman–Crippen LogP) is 5.90. The van der Waals surface area contributed by atoms with Crippen LogP contribution in [0.2, 0.25) is 10.0 Å². The zero-order chi connectivity index (χ0) is 13.4. The first kappa shape index (κ1) is 12.8. The number of aromatic nitrogens is 1. The van der Waals surface area contributed by atoms with Crippen LogP contribution in [0.1, 0.15) is 19.8 Å². The molecule has 19 heavy (non-hydrogen) atoms. The Kier molecular flexibility index (Phi) is 3.42. The van der Waals surface area contributed by atoms with Crippen molar-refractivity contribution in [3.8, 4) is 0 Å². The van der Waals surface area contributed by atoms with Gasteiger partial charge in [0.25, 0.3) is 0 Å². The van der Waals surface area contributed by atoms with E-state index in [-0.39, 0.29) is 0 Å². The Balaban J connectivity index is 2.36. The molecule has 0 radical (unpaired) electrons. The van der Waals surface area contributed by atoms with Crippen molar-refractivity contribution in [2.75, 3.05) is 0 Å². The van der Waals surface area contributed by atoms with Crippen molar-refractivity contribution in [3.63, 3.8) is 0 Å². The molecule has 0 amide bonds. The van der Waals surface area contributed by atoms with Crippen LogP contribution < -0.4 is 0 Å². The van der Waals surface area contributed by atoms with Gasteiger partial charge in [0.1, 0.15) is 0 Å². The summed E-state index contributed by atoms with van der Waals surface area (Å²) in [4.78, 5) is 0. The summed E-state index contributed by atoms with van der Waals surface area (Å²) >= 11 is 12.3. The minimum Gasteiger partial charge on any atom is -0.340 e. The van der Waals surface area contributed by atoms with Crippen molar-refractivity contribution in [2.24, 2.45) is 0 Å². The molecule has 3 rings (SSSR count). The van der Waals surface area contributed by atoms with Gasteiger partial charge in [-0.25, -0.2) is 0 Å². The van der Waals surface area contributed by atoms with Gasteiger partial charge in [0.15, 0.2) is 0 Å². The molecule has 0 aliphatic carbocycles. The molecule has 0 bridgehead atoms. The van der Waals surface area contributed by atoms with Gasteiger partial charge in [0, 0.05) is 27.4 Å². The second-order valence-corrected chi connectivity index (χ2v) is 5.70. The molecule has 0 unspecified atom stereocenters. The van der Waals surface area contributed by atoms with Crippen LogP contribution >= 0.6 is 23.2 Å². The van der Waals surface area contributed by atoms with Crippen molar-refractivity contribution in [1.29, 1.82) is 0 Å². The molecule has 98 valence electrons. The zero-order valence-electron chi connectivity index (χ0n) is 10.8. The smallest absolute Gasteiger partial charge is 0.0506 e. The molecule has 0 fully saturated rings. The van der Waals surface area contributed by atoms with Gasteiger partial charge >= 0.3 is 0 Å². The Morgan fingerprint density at radius 2 is 1.42 bits per heavy atom. The lowest BCUT2D eigenvalue weighted by molar-refractivity contribution is 0.665. The minimum atomic E-state index is 0.777. The summed E-state index contributed by atoms with van der Waals surface area (Å²) in [6.07, 6.45) is 2.32. The molecule has 0 aliphatic rings. The molecular formula is C16H15Cl2N. The fraction of sp³-hybridized carbons (Fsp3) is 0.250. The number of benzene rings is 2. The van der Waals surface area contributed by atoms with Gasteiger partial charge in [-0.2, -0.15) is 0 Å². The lowest BCUT2D eigenvalue weighted by Gasteiger charge is -2.06. The highest BCUT2D eigenvalue weighted by Gasteiger charge is 2.10. The Morgan fingerprint density at radius 3 is 1.89 bits per heavy atom. The molecule has 1 heterocycles. The summed E-state index contributed by atoms with van der Waals surface area (Å²) in [6.45, 7) is 3.20. The quantitative estimate of drug-likeness (QED) is 0.566.